The van der Waals surface area contributed by atoms with E-state index in [0.29, 0.717) is 11.6 Å². The molecule has 6 nitrogen and oxygen atoms in total. The van der Waals surface area contributed by atoms with Crippen molar-refractivity contribution in [1.29, 1.82) is 0 Å². The van der Waals surface area contributed by atoms with Gasteiger partial charge in [0, 0.05) is 18.2 Å². The molecule has 0 aliphatic heterocycles. The Morgan fingerprint density at radius 1 is 1.00 bits per heavy atom. The fourth-order valence-electron chi connectivity index (χ4n) is 2.57. The zero-order valence-corrected chi connectivity index (χ0v) is 15.3. The molecule has 2 rings (SSSR count). The molecule has 0 fully saturated rings. The van der Waals surface area contributed by atoms with E-state index in [1.807, 2.05) is 12.1 Å². The van der Waals surface area contributed by atoms with Crippen LogP contribution in [0.4, 0.5) is 0 Å². The number of carbonyl (C=O) groups excluding carboxylic acids is 2. The van der Waals surface area contributed by atoms with Gasteiger partial charge in [-0.15, -0.1) is 0 Å². The average molecular weight is 355 g/mol. The van der Waals surface area contributed by atoms with Gasteiger partial charge in [-0.2, -0.15) is 0 Å². The van der Waals surface area contributed by atoms with E-state index in [0.717, 1.165) is 18.7 Å². The summed E-state index contributed by atoms with van der Waals surface area (Å²) in [4.78, 5) is 26.5. The first kappa shape index (κ1) is 19.5. The van der Waals surface area contributed by atoms with Crippen molar-refractivity contribution in [3.05, 3.63) is 65.2 Å². The van der Waals surface area contributed by atoms with Gasteiger partial charge < -0.3 is 5.11 Å². The van der Waals surface area contributed by atoms with E-state index in [1.165, 1.54) is 12.1 Å². The third kappa shape index (κ3) is 5.07. The lowest BCUT2D eigenvalue weighted by atomic mass is 10.1. The smallest absolute Gasteiger partial charge is 0.273 e. The Balaban J connectivity index is 1.93. The number of phenolic OH excluding ortho intramolecular Hbond substituents is 1. The van der Waals surface area contributed by atoms with Crippen LogP contribution in [0.3, 0.4) is 0 Å². The molecule has 0 unspecified atom stereocenters. The summed E-state index contributed by atoms with van der Waals surface area (Å²) in [5.74, 6) is -1.14. The Labute approximate surface area is 153 Å². The van der Waals surface area contributed by atoms with Crippen molar-refractivity contribution in [2.24, 2.45) is 0 Å². The maximum absolute atomic E-state index is 12.2. The van der Waals surface area contributed by atoms with Crippen LogP contribution in [0.5, 0.6) is 5.75 Å². The van der Waals surface area contributed by atoms with E-state index >= 15 is 0 Å². The second-order valence-electron chi connectivity index (χ2n) is 6.28. The molecule has 0 bridgehead atoms. The second-order valence-corrected chi connectivity index (χ2v) is 6.28. The molecule has 0 saturated carbocycles. The van der Waals surface area contributed by atoms with E-state index in [9.17, 15) is 14.7 Å². The molecule has 3 N–H and O–H groups in total. The second kappa shape index (κ2) is 9.01. The van der Waals surface area contributed by atoms with Gasteiger partial charge >= 0.3 is 0 Å². The van der Waals surface area contributed by atoms with Gasteiger partial charge in [-0.05, 0) is 50.2 Å². The Kier molecular flexibility index (Phi) is 6.74. The van der Waals surface area contributed by atoms with E-state index in [1.54, 1.807) is 24.3 Å². The van der Waals surface area contributed by atoms with Crippen LogP contribution < -0.4 is 10.9 Å². The Bertz CT molecular complexity index is 757. The molecule has 0 radical (unpaired) electrons. The van der Waals surface area contributed by atoms with Crippen LogP contribution >= 0.6 is 0 Å². The summed E-state index contributed by atoms with van der Waals surface area (Å²) >= 11 is 0. The molecule has 26 heavy (non-hydrogen) atoms. The maximum atomic E-state index is 12.2. The third-order valence-corrected chi connectivity index (χ3v) is 4.18. The van der Waals surface area contributed by atoms with Crippen molar-refractivity contribution < 1.29 is 14.7 Å². The largest absolute Gasteiger partial charge is 0.507 e. The molecule has 0 aliphatic carbocycles. The standard InChI is InChI=1S/C20H25N3O3/c1-4-23(14(2)3)13-15-9-11-16(12-10-15)19(25)21-22-20(26)17-7-5-6-8-18(17)24/h5-12,14,24H,4,13H2,1-3H3,(H,21,25)(H,22,26). The number of aromatic hydroxyl groups is 1. The molecule has 2 aromatic carbocycles. The van der Waals surface area contributed by atoms with Crippen molar-refractivity contribution in [3.63, 3.8) is 0 Å². The molecule has 0 aromatic heterocycles. The summed E-state index contributed by atoms with van der Waals surface area (Å²) in [5, 5.41) is 9.65. The van der Waals surface area contributed by atoms with Gasteiger partial charge in [0.1, 0.15) is 5.75 Å². The third-order valence-electron chi connectivity index (χ3n) is 4.18. The van der Waals surface area contributed by atoms with Gasteiger partial charge in [0.2, 0.25) is 0 Å². The minimum Gasteiger partial charge on any atom is -0.507 e. The molecule has 0 saturated heterocycles. The van der Waals surface area contributed by atoms with Crippen molar-refractivity contribution in [2.75, 3.05) is 6.54 Å². The number of benzene rings is 2. The van der Waals surface area contributed by atoms with Crippen LogP contribution in [0, 0.1) is 0 Å². The molecule has 0 heterocycles. The van der Waals surface area contributed by atoms with Gasteiger partial charge in [0.05, 0.1) is 5.56 Å². The predicted molar refractivity (Wildman–Crippen MR) is 101 cm³/mol. The normalized spacial score (nSPS) is 10.8. The Hall–Kier alpha value is -2.86. The van der Waals surface area contributed by atoms with E-state index in [-0.39, 0.29) is 11.3 Å². The van der Waals surface area contributed by atoms with Crippen molar-refractivity contribution in [2.45, 2.75) is 33.4 Å². The van der Waals surface area contributed by atoms with Gasteiger partial charge in [0.15, 0.2) is 0 Å². The van der Waals surface area contributed by atoms with Crippen molar-refractivity contribution >= 4 is 11.8 Å². The number of nitrogens with one attached hydrogen (secondary N) is 2. The van der Waals surface area contributed by atoms with Gasteiger partial charge in [0.25, 0.3) is 11.8 Å². The first-order valence-corrected chi connectivity index (χ1v) is 8.64. The summed E-state index contributed by atoms with van der Waals surface area (Å²) in [6.07, 6.45) is 0. The highest BCUT2D eigenvalue weighted by Gasteiger charge is 2.13. The number of phenols is 1. The molecule has 0 atom stereocenters. The molecule has 2 aromatic rings. The van der Waals surface area contributed by atoms with Crippen LogP contribution in [0.1, 0.15) is 47.1 Å². The van der Waals surface area contributed by atoms with Crippen LogP contribution in [0.2, 0.25) is 0 Å². The van der Waals surface area contributed by atoms with E-state index < -0.39 is 11.8 Å². The van der Waals surface area contributed by atoms with Crippen LogP contribution in [0.25, 0.3) is 0 Å². The van der Waals surface area contributed by atoms with Gasteiger partial charge in [-0.1, -0.05) is 31.2 Å². The molecular formula is C20H25N3O3. The topological polar surface area (TPSA) is 81.7 Å². The van der Waals surface area contributed by atoms with Gasteiger partial charge in [-0.25, -0.2) is 0 Å². The minimum absolute atomic E-state index is 0.0940. The van der Waals surface area contributed by atoms with Crippen molar-refractivity contribution in [1.82, 2.24) is 15.8 Å². The maximum Gasteiger partial charge on any atom is 0.273 e. The summed E-state index contributed by atoms with van der Waals surface area (Å²) in [5.41, 5.74) is 6.31. The molecule has 2 amide bonds. The Morgan fingerprint density at radius 2 is 1.62 bits per heavy atom. The van der Waals surface area contributed by atoms with Crippen LogP contribution in [-0.4, -0.2) is 34.4 Å². The van der Waals surface area contributed by atoms with E-state index in [2.05, 4.69) is 36.5 Å². The zero-order chi connectivity index (χ0) is 19.1. The highest BCUT2D eigenvalue weighted by molar-refractivity contribution is 6.00. The quantitative estimate of drug-likeness (QED) is 0.696. The monoisotopic (exact) mass is 355 g/mol. The molecule has 6 heteroatoms. The molecular weight excluding hydrogens is 330 g/mol. The van der Waals surface area contributed by atoms with Crippen LogP contribution in [-0.2, 0) is 6.54 Å². The number of hydrogen-bond acceptors (Lipinski definition) is 4. The summed E-state index contributed by atoms with van der Waals surface area (Å²) in [6.45, 7) is 8.20. The highest BCUT2D eigenvalue weighted by atomic mass is 16.3. The number of amides is 2. The minimum atomic E-state index is -0.580. The SMILES string of the molecule is CCN(Cc1ccc(C(=O)NNC(=O)c2ccccc2O)cc1)C(C)C. The summed E-state index contributed by atoms with van der Waals surface area (Å²) in [7, 11) is 0. The number of hydrazine groups is 1. The number of hydrogen-bond donors (Lipinski definition) is 3. The summed E-state index contributed by atoms with van der Waals surface area (Å²) < 4.78 is 0. The fraction of sp³-hybridized carbons (Fsp3) is 0.300. The lowest BCUT2D eigenvalue weighted by Gasteiger charge is -2.24. The van der Waals surface area contributed by atoms with E-state index in [4.69, 9.17) is 0 Å². The van der Waals surface area contributed by atoms with Gasteiger partial charge in [-0.3, -0.25) is 25.3 Å². The highest BCUT2D eigenvalue weighted by Crippen LogP contribution is 2.14. The first-order chi connectivity index (χ1) is 12.4. The number of para-hydroxylation sites is 1. The summed E-state index contributed by atoms with van der Waals surface area (Å²) in [6, 6.07) is 13.8. The predicted octanol–water partition coefficient (Wildman–Crippen LogP) is 2.70. The molecule has 0 spiro atoms. The van der Waals surface area contributed by atoms with Crippen molar-refractivity contribution in [3.8, 4) is 5.75 Å². The number of nitrogens with zero attached hydrogens (tertiary/aromatic N) is 1. The lowest BCUT2D eigenvalue weighted by molar-refractivity contribution is 0.0845. The lowest BCUT2D eigenvalue weighted by Crippen LogP contribution is -2.41. The first-order valence-electron chi connectivity index (χ1n) is 8.64. The molecule has 138 valence electrons. The number of rotatable bonds is 6. The fourth-order valence-corrected chi connectivity index (χ4v) is 2.57. The Morgan fingerprint density at radius 3 is 2.19 bits per heavy atom. The van der Waals surface area contributed by atoms with Crippen LogP contribution in [0.15, 0.2) is 48.5 Å². The zero-order valence-electron chi connectivity index (χ0n) is 15.3. The molecule has 0 aliphatic rings. The average Bonchev–Trinajstić information content (AvgIpc) is 2.64. The number of carbonyl (C=O) groups is 2.